The number of aromatic nitrogens is 5. The van der Waals surface area contributed by atoms with Crippen LogP contribution in [-0.2, 0) is 6.54 Å². The largest absolute Gasteiger partial charge is 0.396 e. The molecule has 2 N–H and O–H groups in total. The van der Waals surface area contributed by atoms with Gasteiger partial charge in [-0.05, 0) is 36.2 Å². The lowest BCUT2D eigenvalue weighted by Crippen LogP contribution is -2.22. The van der Waals surface area contributed by atoms with Crippen molar-refractivity contribution in [1.82, 2.24) is 25.0 Å². The molecule has 0 saturated heterocycles. The molecule has 0 bridgehead atoms. The van der Waals surface area contributed by atoms with Gasteiger partial charge in [-0.2, -0.15) is 10.2 Å². The van der Waals surface area contributed by atoms with Crippen molar-refractivity contribution in [3.8, 4) is 0 Å². The van der Waals surface area contributed by atoms with E-state index in [2.05, 4.69) is 25.3 Å². The number of hydrogen-bond donors (Lipinski definition) is 2. The van der Waals surface area contributed by atoms with E-state index in [1.54, 1.807) is 35.2 Å². The normalized spacial score (nSPS) is 17.7. The second-order valence-corrected chi connectivity index (χ2v) is 7.39. The summed E-state index contributed by atoms with van der Waals surface area (Å²) in [4.78, 5) is 21.6. The van der Waals surface area contributed by atoms with Crippen LogP contribution in [0.1, 0.15) is 35.3 Å². The minimum atomic E-state index is -0.432. The summed E-state index contributed by atoms with van der Waals surface area (Å²) >= 11 is 0. The average Bonchev–Trinajstić information content (AvgIpc) is 3.18. The van der Waals surface area contributed by atoms with E-state index in [4.69, 9.17) is 0 Å². The summed E-state index contributed by atoms with van der Waals surface area (Å²) in [5, 5.41) is 21.8. The molecule has 2 aromatic heterocycles. The lowest BCUT2D eigenvalue weighted by atomic mass is 9.83. The Bertz CT molecular complexity index is 1330. The highest BCUT2D eigenvalue weighted by Gasteiger charge is 2.35. The topological polar surface area (TPSA) is 109 Å². The van der Waals surface area contributed by atoms with Crippen LogP contribution in [-0.4, -0.2) is 42.9 Å². The van der Waals surface area contributed by atoms with Crippen molar-refractivity contribution in [3.63, 3.8) is 0 Å². The Morgan fingerprint density at radius 2 is 2.00 bits per heavy atom. The van der Waals surface area contributed by atoms with E-state index in [0.29, 0.717) is 40.9 Å². The molecule has 4 aromatic rings. The molecular weight excluding hydrogens is 399 g/mol. The van der Waals surface area contributed by atoms with Crippen LogP contribution in [0, 0.1) is 5.82 Å². The predicted molar refractivity (Wildman–Crippen MR) is 113 cm³/mol. The minimum Gasteiger partial charge on any atom is -0.396 e. The fourth-order valence-corrected chi connectivity index (χ4v) is 4.13. The van der Waals surface area contributed by atoms with Gasteiger partial charge in [-0.15, -0.1) is 0 Å². The summed E-state index contributed by atoms with van der Waals surface area (Å²) in [6, 6.07) is 11.6. The summed E-state index contributed by atoms with van der Waals surface area (Å²) in [6.45, 7) is 0.501. The van der Waals surface area contributed by atoms with Gasteiger partial charge < -0.3 is 5.11 Å². The predicted octanol–water partition coefficient (Wildman–Crippen LogP) is 2.67. The molecule has 0 radical (unpaired) electrons. The first-order valence-corrected chi connectivity index (χ1v) is 9.97. The number of aliphatic hydroxyl groups is 1. The fourth-order valence-electron chi connectivity index (χ4n) is 4.13. The number of nitrogens with zero attached hydrogens (tertiary/aromatic N) is 5. The standard InChI is InChI=1S/C22H19FN6O2/c23-14-7-5-13(6-8-14)16-11-24-17-4-1-3-15-18(17)20(27-28-22(15)31)19(16)21-25-12-26-29(21)9-2-10-30/h1,3-8,11-12,16,19,30H,2,9-10H2,(H,28,31). The summed E-state index contributed by atoms with van der Waals surface area (Å²) in [6.07, 6.45) is 3.78. The first-order valence-electron chi connectivity index (χ1n) is 9.97. The molecule has 156 valence electrons. The maximum absolute atomic E-state index is 13.6. The molecule has 1 aliphatic heterocycles. The van der Waals surface area contributed by atoms with Crippen LogP contribution in [0.15, 0.2) is 58.6 Å². The highest BCUT2D eigenvalue weighted by Crippen LogP contribution is 2.43. The molecule has 31 heavy (non-hydrogen) atoms. The van der Waals surface area contributed by atoms with E-state index in [9.17, 15) is 14.3 Å². The highest BCUT2D eigenvalue weighted by molar-refractivity contribution is 5.97. The Kier molecular flexibility index (Phi) is 4.87. The molecule has 0 aliphatic carbocycles. The zero-order valence-electron chi connectivity index (χ0n) is 16.4. The smallest absolute Gasteiger partial charge is 0.272 e. The average molecular weight is 418 g/mol. The summed E-state index contributed by atoms with van der Waals surface area (Å²) in [7, 11) is 0. The van der Waals surface area contributed by atoms with Crippen molar-refractivity contribution in [3.05, 3.63) is 82.0 Å². The molecule has 2 unspecified atom stereocenters. The van der Waals surface area contributed by atoms with Gasteiger partial charge in [-0.25, -0.2) is 19.2 Å². The third kappa shape index (κ3) is 3.32. The number of aliphatic hydroxyl groups excluding tert-OH is 1. The second-order valence-electron chi connectivity index (χ2n) is 7.39. The second kappa shape index (κ2) is 7.84. The van der Waals surface area contributed by atoms with E-state index in [1.165, 1.54) is 18.5 Å². The maximum Gasteiger partial charge on any atom is 0.272 e. The molecule has 1 aliphatic rings. The molecule has 9 heteroatoms. The monoisotopic (exact) mass is 418 g/mol. The van der Waals surface area contributed by atoms with E-state index in [0.717, 1.165) is 5.56 Å². The summed E-state index contributed by atoms with van der Waals surface area (Å²) in [5.41, 5.74) is 1.80. The molecule has 0 spiro atoms. The molecule has 5 rings (SSSR count). The van der Waals surface area contributed by atoms with Crippen LogP contribution < -0.4 is 5.56 Å². The van der Waals surface area contributed by atoms with E-state index >= 15 is 0 Å². The summed E-state index contributed by atoms with van der Waals surface area (Å²) in [5.74, 6) is -0.457. The fraction of sp³-hybridized carbons (Fsp3) is 0.227. The Hall–Kier alpha value is -3.72. The summed E-state index contributed by atoms with van der Waals surface area (Å²) < 4.78 is 15.4. The Labute approximate surface area is 176 Å². The molecule has 2 aromatic carbocycles. The number of halogens is 1. The zero-order chi connectivity index (χ0) is 21.4. The van der Waals surface area contributed by atoms with Crippen molar-refractivity contribution in [1.29, 1.82) is 0 Å². The first kappa shape index (κ1) is 19.3. The Morgan fingerprint density at radius 3 is 2.81 bits per heavy atom. The number of aryl methyl sites for hydroxylation is 1. The van der Waals surface area contributed by atoms with Crippen molar-refractivity contribution >= 4 is 22.7 Å². The number of hydrogen-bond acceptors (Lipinski definition) is 6. The molecule has 2 atom stereocenters. The number of aliphatic imine (C=N–C) groups is 1. The van der Waals surface area contributed by atoms with Crippen LogP contribution in [0.25, 0.3) is 10.8 Å². The van der Waals surface area contributed by atoms with Crippen molar-refractivity contribution in [2.45, 2.75) is 24.8 Å². The van der Waals surface area contributed by atoms with E-state index in [-0.39, 0.29) is 23.9 Å². The molecule has 0 saturated carbocycles. The van der Waals surface area contributed by atoms with Gasteiger partial charge in [0.1, 0.15) is 18.0 Å². The highest BCUT2D eigenvalue weighted by atomic mass is 19.1. The number of H-pyrrole nitrogens is 1. The number of rotatable bonds is 5. The van der Waals surface area contributed by atoms with Gasteiger partial charge >= 0.3 is 0 Å². The molecule has 8 nitrogen and oxygen atoms in total. The molecular formula is C22H19FN6O2. The van der Waals surface area contributed by atoms with Crippen LogP contribution in [0.4, 0.5) is 10.1 Å². The van der Waals surface area contributed by atoms with Crippen molar-refractivity contribution < 1.29 is 9.50 Å². The van der Waals surface area contributed by atoms with Gasteiger partial charge in [-0.3, -0.25) is 9.79 Å². The Balaban J connectivity index is 1.78. The van der Waals surface area contributed by atoms with Crippen LogP contribution >= 0.6 is 0 Å². The van der Waals surface area contributed by atoms with Gasteiger partial charge in [0.25, 0.3) is 5.56 Å². The number of aromatic amines is 1. The third-order valence-corrected chi connectivity index (χ3v) is 5.56. The lowest BCUT2D eigenvalue weighted by Gasteiger charge is -2.23. The SMILES string of the molecule is O=c1[nH]nc2c3c(cccc13)N=CC(c1ccc(F)cc1)C2c1ncnn1CCCO. The molecule has 0 fully saturated rings. The number of benzene rings is 2. The van der Waals surface area contributed by atoms with Gasteiger partial charge in [0.2, 0.25) is 0 Å². The van der Waals surface area contributed by atoms with Crippen LogP contribution in [0.2, 0.25) is 0 Å². The maximum atomic E-state index is 13.6. The van der Waals surface area contributed by atoms with Crippen molar-refractivity contribution in [2.24, 2.45) is 4.99 Å². The van der Waals surface area contributed by atoms with Gasteiger partial charge in [0.15, 0.2) is 0 Å². The van der Waals surface area contributed by atoms with Gasteiger partial charge in [-0.1, -0.05) is 18.2 Å². The van der Waals surface area contributed by atoms with Crippen LogP contribution in [0.3, 0.4) is 0 Å². The minimum absolute atomic E-state index is 0.0246. The quantitative estimate of drug-likeness (QED) is 0.518. The third-order valence-electron chi connectivity index (χ3n) is 5.56. The van der Waals surface area contributed by atoms with Gasteiger partial charge in [0, 0.05) is 30.7 Å². The molecule has 0 amide bonds. The zero-order valence-corrected chi connectivity index (χ0v) is 16.4. The van der Waals surface area contributed by atoms with E-state index in [1.807, 2.05) is 6.07 Å². The van der Waals surface area contributed by atoms with E-state index < -0.39 is 5.92 Å². The van der Waals surface area contributed by atoms with Crippen molar-refractivity contribution in [2.75, 3.05) is 6.61 Å². The lowest BCUT2D eigenvalue weighted by molar-refractivity contribution is 0.275. The van der Waals surface area contributed by atoms with Gasteiger partial charge in [0.05, 0.1) is 22.7 Å². The van der Waals surface area contributed by atoms with Crippen LogP contribution in [0.5, 0.6) is 0 Å². The number of nitrogens with one attached hydrogen (secondary N) is 1. The molecule has 3 heterocycles. The first-order chi connectivity index (χ1) is 15.2. The Morgan fingerprint density at radius 1 is 1.16 bits per heavy atom.